The van der Waals surface area contributed by atoms with Crippen LogP contribution in [0.5, 0.6) is 0 Å². The van der Waals surface area contributed by atoms with Gasteiger partial charge in [0.15, 0.2) is 11.5 Å². The van der Waals surface area contributed by atoms with E-state index in [-0.39, 0.29) is 12.5 Å². The number of tetrazole rings is 1. The summed E-state index contributed by atoms with van der Waals surface area (Å²) in [6, 6.07) is 21.2. The summed E-state index contributed by atoms with van der Waals surface area (Å²) in [6.07, 6.45) is 0. The normalized spacial score (nSPS) is 10.7. The van der Waals surface area contributed by atoms with Crippen LogP contribution in [0.25, 0.3) is 5.65 Å². The molecule has 4 rings (SSSR count). The van der Waals surface area contributed by atoms with E-state index in [0.717, 1.165) is 16.9 Å². The predicted octanol–water partition coefficient (Wildman–Crippen LogP) is 1.75. The van der Waals surface area contributed by atoms with E-state index in [1.807, 2.05) is 59.5 Å². The van der Waals surface area contributed by atoms with E-state index in [4.69, 9.17) is 5.73 Å². The zero-order chi connectivity index (χ0) is 19.3. The Bertz CT molecular complexity index is 1100. The summed E-state index contributed by atoms with van der Waals surface area (Å²) >= 11 is 0. The highest BCUT2D eigenvalue weighted by Gasteiger charge is 2.11. The number of nitrogens with one attached hydrogen (secondary N) is 1. The molecule has 0 spiro atoms. The van der Waals surface area contributed by atoms with Gasteiger partial charge in [-0.25, -0.2) is 0 Å². The maximum Gasteiger partial charge on any atom is 0.236 e. The lowest BCUT2D eigenvalue weighted by Gasteiger charge is -2.24. The minimum atomic E-state index is -0.389. The van der Waals surface area contributed by atoms with Crippen molar-refractivity contribution in [2.45, 2.75) is 6.54 Å². The van der Waals surface area contributed by atoms with Crippen LogP contribution in [-0.4, -0.2) is 37.7 Å². The van der Waals surface area contributed by atoms with Crippen LogP contribution in [0.15, 0.2) is 66.7 Å². The number of carbonyl (C=O) groups is 1. The highest BCUT2D eigenvalue weighted by atomic mass is 16.1. The number of primary amides is 1. The van der Waals surface area contributed by atoms with Crippen molar-refractivity contribution >= 4 is 28.7 Å². The second-order valence-corrected chi connectivity index (χ2v) is 6.23. The molecule has 3 N–H and O–H groups in total. The summed E-state index contributed by atoms with van der Waals surface area (Å²) in [5, 5.41) is 18.7. The van der Waals surface area contributed by atoms with Crippen molar-refractivity contribution in [1.29, 1.82) is 0 Å². The molecular weight excluding hydrogens is 356 g/mol. The first-order chi connectivity index (χ1) is 13.7. The largest absolute Gasteiger partial charge is 0.368 e. The first-order valence-corrected chi connectivity index (χ1v) is 8.67. The van der Waals surface area contributed by atoms with E-state index >= 15 is 0 Å². The van der Waals surface area contributed by atoms with Crippen molar-refractivity contribution in [3.8, 4) is 0 Å². The zero-order valence-electron chi connectivity index (χ0n) is 14.9. The summed E-state index contributed by atoms with van der Waals surface area (Å²) in [5.41, 5.74) is 8.81. The first-order valence-electron chi connectivity index (χ1n) is 8.67. The average Bonchev–Trinajstić information content (AvgIpc) is 3.16. The lowest BCUT2D eigenvalue weighted by atomic mass is 10.2. The molecule has 28 heavy (non-hydrogen) atoms. The molecule has 140 valence electrons. The number of hydrogen-bond donors (Lipinski definition) is 2. The van der Waals surface area contributed by atoms with E-state index in [0.29, 0.717) is 18.0 Å². The molecule has 0 radical (unpaired) electrons. The highest BCUT2D eigenvalue weighted by Crippen LogP contribution is 2.23. The summed E-state index contributed by atoms with van der Waals surface area (Å²) in [7, 11) is 0. The SMILES string of the molecule is NC(=O)CN(Cc1ccccc1)c1cccc(Nc2ccc3nnnn3n2)c1. The van der Waals surface area contributed by atoms with Crippen LogP contribution in [0.2, 0.25) is 0 Å². The third-order valence-electron chi connectivity index (χ3n) is 4.12. The van der Waals surface area contributed by atoms with Gasteiger partial charge in [0, 0.05) is 17.9 Å². The van der Waals surface area contributed by atoms with E-state index in [2.05, 4.69) is 25.9 Å². The van der Waals surface area contributed by atoms with E-state index in [9.17, 15) is 4.79 Å². The van der Waals surface area contributed by atoms with Crippen LogP contribution in [0.4, 0.5) is 17.2 Å². The maximum atomic E-state index is 11.6. The lowest BCUT2D eigenvalue weighted by Crippen LogP contribution is -2.33. The highest BCUT2D eigenvalue weighted by molar-refractivity contribution is 5.80. The van der Waals surface area contributed by atoms with E-state index in [1.165, 1.54) is 4.63 Å². The molecule has 0 aliphatic carbocycles. The fraction of sp³-hybridized carbons (Fsp3) is 0.105. The first kappa shape index (κ1) is 17.4. The Hall–Kier alpha value is -4.01. The van der Waals surface area contributed by atoms with Gasteiger partial charge in [0.05, 0.1) is 6.54 Å². The molecular formula is C19H18N8O. The monoisotopic (exact) mass is 374 g/mol. The summed E-state index contributed by atoms with van der Waals surface area (Å²) in [4.78, 5) is 13.5. The molecule has 2 aromatic carbocycles. The number of hydrogen-bond acceptors (Lipinski definition) is 7. The number of aromatic nitrogens is 5. The average molecular weight is 374 g/mol. The Morgan fingerprint density at radius 3 is 2.75 bits per heavy atom. The zero-order valence-corrected chi connectivity index (χ0v) is 14.9. The topological polar surface area (TPSA) is 114 Å². The van der Waals surface area contributed by atoms with Crippen molar-refractivity contribution in [2.24, 2.45) is 5.73 Å². The Labute approximate surface area is 160 Å². The number of benzene rings is 2. The van der Waals surface area contributed by atoms with Crippen LogP contribution < -0.4 is 16.0 Å². The molecule has 4 aromatic rings. The van der Waals surface area contributed by atoms with Crippen LogP contribution in [0.3, 0.4) is 0 Å². The number of amides is 1. The molecule has 9 heteroatoms. The molecule has 0 bridgehead atoms. The van der Waals surface area contributed by atoms with Crippen LogP contribution in [0.1, 0.15) is 5.56 Å². The van der Waals surface area contributed by atoms with E-state index in [1.54, 1.807) is 12.1 Å². The summed E-state index contributed by atoms with van der Waals surface area (Å²) in [6.45, 7) is 0.690. The summed E-state index contributed by atoms with van der Waals surface area (Å²) in [5.74, 6) is 0.210. The third-order valence-corrected chi connectivity index (χ3v) is 4.12. The molecule has 2 aromatic heterocycles. The Balaban J connectivity index is 1.58. The molecule has 0 saturated carbocycles. The van der Waals surface area contributed by atoms with Gasteiger partial charge in [0.2, 0.25) is 5.91 Å². The summed E-state index contributed by atoms with van der Waals surface area (Å²) < 4.78 is 1.35. The number of nitrogens with zero attached hydrogens (tertiary/aromatic N) is 6. The number of rotatable bonds is 7. The second kappa shape index (κ2) is 7.70. The standard InChI is InChI=1S/C19H18N8O/c20-17(28)13-26(12-14-5-2-1-3-6-14)16-8-4-7-15(11-16)21-18-9-10-19-22-24-25-27(19)23-18/h1-11H,12-13H2,(H2,20,28)(H,21,23). The number of fused-ring (bicyclic) bond motifs is 1. The Morgan fingerprint density at radius 1 is 1.07 bits per heavy atom. The number of carbonyl (C=O) groups excluding carboxylic acids is 1. The second-order valence-electron chi connectivity index (χ2n) is 6.23. The van der Waals surface area contributed by atoms with Gasteiger partial charge in [-0.05, 0) is 46.3 Å². The van der Waals surface area contributed by atoms with Crippen molar-refractivity contribution < 1.29 is 4.79 Å². The van der Waals surface area contributed by atoms with Gasteiger partial charge in [-0.1, -0.05) is 36.4 Å². The molecule has 0 aliphatic heterocycles. The molecule has 0 aliphatic rings. The van der Waals surface area contributed by atoms with Gasteiger partial charge in [-0.15, -0.1) is 14.8 Å². The van der Waals surface area contributed by atoms with Gasteiger partial charge in [0.25, 0.3) is 0 Å². The minimum Gasteiger partial charge on any atom is -0.368 e. The van der Waals surface area contributed by atoms with Crippen LogP contribution >= 0.6 is 0 Å². The van der Waals surface area contributed by atoms with Crippen LogP contribution in [-0.2, 0) is 11.3 Å². The van der Waals surface area contributed by atoms with Crippen molar-refractivity contribution in [2.75, 3.05) is 16.8 Å². The molecule has 1 amide bonds. The molecule has 0 saturated heterocycles. The third kappa shape index (κ3) is 4.04. The van der Waals surface area contributed by atoms with E-state index < -0.39 is 0 Å². The van der Waals surface area contributed by atoms with Gasteiger partial charge in [0.1, 0.15) is 0 Å². The Morgan fingerprint density at radius 2 is 1.93 bits per heavy atom. The molecule has 0 fully saturated rings. The molecule has 9 nitrogen and oxygen atoms in total. The van der Waals surface area contributed by atoms with Gasteiger partial charge in [-0.3, -0.25) is 4.79 Å². The van der Waals surface area contributed by atoms with Crippen molar-refractivity contribution in [3.05, 3.63) is 72.3 Å². The molecule has 0 unspecified atom stereocenters. The predicted molar refractivity (Wildman–Crippen MR) is 105 cm³/mol. The van der Waals surface area contributed by atoms with Crippen molar-refractivity contribution in [1.82, 2.24) is 25.3 Å². The number of nitrogens with two attached hydrogens (primary N) is 1. The van der Waals surface area contributed by atoms with Gasteiger partial charge in [-0.2, -0.15) is 0 Å². The quantitative estimate of drug-likeness (QED) is 0.506. The lowest BCUT2D eigenvalue weighted by molar-refractivity contribution is -0.116. The van der Waals surface area contributed by atoms with Gasteiger partial charge >= 0.3 is 0 Å². The fourth-order valence-electron chi connectivity index (χ4n) is 2.87. The fourth-order valence-corrected chi connectivity index (χ4v) is 2.87. The minimum absolute atomic E-state index is 0.118. The molecule has 0 atom stereocenters. The van der Waals surface area contributed by atoms with Crippen LogP contribution in [0, 0.1) is 0 Å². The van der Waals surface area contributed by atoms with Gasteiger partial charge < -0.3 is 16.0 Å². The number of anilines is 3. The smallest absolute Gasteiger partial charge is 0.236 e. The molecule has 2 heterocycles. The Kier molecular flexibility index (Phi) is 4.79. The van der Waals surface area contributed by atoms with Crippen molar-refractivity contribution in [3.63, 3.8) is 0 Å². The maximum absolute atomic E-state index is 11.6.